The zero-order chi connectivity index (χ0) is 11.7. The van der Waals surface area contributed by atoms with Crippen LogP contribution in [-0.4, -0.2) is 14.9 Å². The number of aliphatic hydroxyl groups excluding tert-OH is 1. The van der Waals surface area contributed by atoms with Crippen molar-refractivity contribution in [2.45, 2.75) is 19.4 Å². The van der Waals surface area contributed by atoms with Gasteiger partial charge in [-0.3, -0.25) is 4.68 Å². The quantitative estimate of drug-likeness (QED) is 0.867. The fourth-order valence-corrected chi connectivity index (χ4v) is 3.09. The van der Waals surface area contributed by atoms with Crippen molar-refractivity contribution in [2.75, 3.05) is 0 Å². The maximum atomic E-state index is 10.1. The Morgan fingerprint density at radius 2 is 2.31 bits per heavy atom. The molecule has 1 unspecified atom stereocenters. The minimum absolute atomic E-state index is 0.436. The molecule has 0 saturated carbocycles. The molecule has 86 valence electrons. The highest BCUT2D eigenvalue weighted by molar-refractivity contribution is 14.1. The molecule has 0 amide bonds. The van der Waals surface area contributed by atoms with E-state index < -0.39 is 6.10 Å². The molecule has 5 heteroatoms. The molecule has 0 radical (unpaired) electrons. The van der Waals surface area contributed by atoms with Gasteiger partial charge in [0.1, 0.15) is 0 Å². The van der Waals surface area contributed by atoms with Crippen LogP contribution in [0.4, 0.5) is 0 Å². The van der Waals surface area contributed by atoms with Crippen LogP contribution < -0.4 is 0 Å². The van der Waals surface area contributed by atoms with Gasteiger partial charge in [0.2, 0.25) is 0 Å². The van der Waals surface area contributed by atoms with Gasteiger partial charge in [-0.25, -0.2) is 0 Å². The molecule has 2 aromatic rings. The highest BCUT2D eigenvalue weighted by Crippen LogP contribution is 2.24. The molecule has 2 heterocycles. The van der Waals surface area contributed by atoms with E-state index in [0.717, 1.165) is 17.0 Å². The Morgan fingerprint density at radius 3 is 2.81 bits per heavy atom. The lowest BCUT2D eigenvalue weighted by Gasteiger charge is -2.08. The molecule has 0 aromatic carbocycles. The molecule has 0 bridgehead atoms. The third-order valence-corrected chi connectivity index (χ3v) is 4.28. The fourth-order valence-electron chi connectivity index (χ4n) is 1.67. The molecule has 2 rings (SSSR count). The molecular formula is C11H13IN2OS. The van der Waals surface area contributed by atoms with Crippen LogP contribution in [0.15, 0.2) is 17.5 Å². The molecule has 2 aromatic heterocycles. The van der Waals surface area contributed by atoms with Crippen LogP contribution in [0.5, 0.6) is 0 Å². The van der Waals surface area contributed by atoms with Crippen LogP contribution in [0.2, 0.25) is 0 Å². The van der Waals surface area contributed by atoms with E-state index in [-0.39, 0.29) is 0 Å². The Morgan fingerprint density at radius 1 is 1.56 bits per heavy atom. The van der Waals surface area contributed by atoms with Gasteiger partial charge in [0.05, 0.1) is 14.7 Å². The predicted molar refractivity (Wildman–Crippen MR) is 73.6 cm³/mol. The lowest BCUT2D eigenvalue weighted by molar-refractivity contribution is 0.176. The van der Waals surface area contributed by atoms with Gasteiger partial charge in [0.15, 0.2) is 0 Å². The van der Waals surface area contributed by atoms with E-state index in [2.05, 4.69) is 27.7 Å². The van der Waals surface area contributed by atoms with Crippen molar-refractivity contribution in [2.24, 2.45) is 7.05 Å². The van der Waals surface area contributed by atoms with Gasteiger partial charge in [-0.15, -0.1) is 11.3 Å². The Balaban J connectivity index is 2.13. The summed E-state index contributed by atoms with van der Waals surface area (Å²) in [5, 5.41) is 16.4. The van der Waals surface area contributed by atoms with Gasteiger partial charge in [-0.1, -0.05) is 0 Å². The zero-order valence-corrected chi connectivity index (χ0v) is 12.1. The van der Waals surface area contributed by atoms with E-state index in [4.69, 9.17) is 0 Å². The largest absolute Gasteiger partial charge is 0.388 e. The number of aryl methyl sites for hydroxylation is 2. The molecule has 0 spiro atoms. The average Bonchev–Trinajstić information content (AvgIpc) is 2.74. The van der Waals surface area contributed by atoms with Crippen molar-refractivity contribution in [3.8, 4) is 0 Å². The standard InChI is InChI=1S/C11H13IN2OS/c1-7-3-9(14(2)13-7)5-10(15)8-4-11(12)16-6-8/h3-4,6,10,15H,5H2,1-2H3. The van der Waals surface area contributed by atoms with Crippen molar-refractivity contribution in [3.05, 3.63) is 37.3 Å². The van der Waals surface area contributed by atoms with Crippen LogP contribution in [0.3, 0.4) is 0 Å². The number of hydrogen-bond acceptors (Lipinski definition) is 3. The van der Waals surface area contributed by atoms with Crippen molar-refractivity contribution in [1.29, 1.82) is 0 Å². The van der Waals surface area contributed by atoms with Gasteiger partial charge < -0.3 is 5.11 Å². The van der Waals surface area contributed by atoms with Gasteiger partial charge >= 0.3 is 0 Å². The monoisotopic (exact) mass is 348 g/mol. The van der Waals surface area contributed by atoms with Crippen molar-refractivity contribution in [3.63, 3.8) is 0 Å². The predicted octanol–water partition coefficient (Wildman–Crippen LogP) is 2.67. The summed E-state index contributed by atoms with van der Waals surface area (Å²) < 4.78 is 3.03. The van der Waals surface area contributed by atoms with Gasteiger partial charge in [0, 0.05) is 19.2 Å². The van der Waals surface area contributed by atoms with Crippen LogP contribution in [0.1, 0.15) is 23.1 Å². The maximum absolute atomic E-state index is 10.1. The molecule has 1 N–H and O–H groups in total. The summed E-state index contributed by atoms with van der Waals surface area (Å²) in [6, 6.07) is 4.04. The second kappa shape index (κ2) is 4.85. The van der Waals surface area contributed by atoms with Gasteiger partial charge in [-0.2, -0.15) is 5.10 Å². The lowest BCUT2D eigenvalue weighted by atomic mass is 10.1. The Bertz CT molecular complexity index is 492. The Hall–Kier alpha value is -0.400. The molecule has 0 saturated heterocycles. The number of halogens is 1. The number of thiophene rings is 1. The topological polar surface area (TPSA) is 38.0 Å². The number of hydrogen-bond donors (Lipinski definition) is 1. The first-order valence-electron chi connectivity index (χ1n) is 4.98. The van der Waals surface area contributed by atoms with Crippen molar-refractivity contribution >= 4 is 33.9 Å². The van der Waals surface area contributed by atoms with Crippen LogP contribution in [0.25, 0.3) is 0 Å². The molecule has 0 aliphatic heterocycles. The summed E-state index contributed by atoms with van der Waals surface area (Å²) in [4.78, 5) is 0. The Labute approximate surface area is 112 Å². The minimum Gasteiger partial charge on any atom is -0.388 e. The molecule has 16 heavy (non-hydrogen) atoms. The maximum Gasteiger partial charge on any atom is 0.0853 e. The normalized spacial score (nSPS) is 13.0. The number of aliphatic hydroxyl groups is 1. The Kier molecular flexibility index (Phi) is 3.66. The second-order valence-corrected chi connectivity index (χ2v) is 6.61. The summed E-state index contributed by atoms with van der Waals surface area (Å²) >= 11 is 3.92. The number of rotatable bonds is 3. The van der Waals surface area contributed by atoms with E-state index >= 15 is 0 Å². The summed E-state index contributed by atoms with van der Waals surface area (Å²) in [6.07, 6.45) is 0.180. The van der Waals surface area contributed by atoms with E-state index in [1.807, 2.05) is 36.2 Å². The van der Waals surface area contributed by atoms with Crippen LogP contribution >= 0.6 is 33.9 Å². The molecule has 0 aliphatic carbocycles. The molecule has 0 aliphatic rings. The first-order valence-corrected chi connectivity index (χ1v) is 6.93. The van der Waals surface area contributed by atoms with E-state index in [1.165, 1.54) is 2.88 Å². The zero-order valence-electron chi connectivity index (χ0n) is 9.14. The third-order valence-electron chi connectivity index (χ3n) is 2.47. The highest BCUT2D eigenvalue weighted by Gasteiger charge is 2.13. The van der Waals surface area contributed by atoms with Crippen molar-refractivity contribution in [1.82, 2.24) is 9.78 Å². The van der Waals surface area contributed by atoms with Crippen LogP contribution in [-0.2, 0) is 13.5 Å². The third kappa shape index (κ3) is 2.64. The summed E-state index contributed by atoms with van der Waals surface area (Å²) in [5.41, 5.74) is 3.05. The second-order valence-electron chi connectivity index (χ2n) is 3.80. The van der Waals surface area contributed by atoms with Crippen molar-refractivity contribution < 1.29 is 5.11 Å². The van der Waals surface area contributed by atoms with E-state index in [0.29, 0.717) is 6.42 Å². The highest BCUT2D eigenvalue weighted by atomic mass is 127. The molecule has 0 fully saturated rings. The number of aromatic nitrogens is 2. The fraction of sp³-hybridized carbons (Fsp3) is 0.364. The van der Waals surface area contributed by atoms with E-state index in [1.54, 1.807) is 11.3 Å². The van der Waals surface area contributed by atoms with Gasteiger partial charge in [-0.05, 0) is 52.6 Å². The minimum atomic E-state index is -0.436. The average molecular weight is 348 g/mol. The SMILES string of the molecule is Cc1cc(CC(O)c2csc(I)c2)n(C)n1. The molecule has 3 nitrogen and oxygen atoms in total. The van der Waals surface area contributed by atoms with Crippen LogP contribution in [0, 0.1) is 9.81 Å². The number of nitrogens with zero attached hydrogens (tertiary/aromatic N) is 2. The molecular weight excluding hydrogens is 335 g/mol. The lowest BCUT2D eigenvalue weighted by Crippen LogP contribution is -2.05. The summed E-state index contributed by atoms with van der Waals surface area (Å²) in [6.45, 7) is 1.96. The first-order chi connectivity index (χ1) is 7.56. The van der Waals surface area contributed by atoms with E-state index in [9.17, 15) is 5.11 Å². The summed E-state index contributed by atoms with van der Waals surface area (Å²) in [5.74, 6) is 0. The van der Waals surface area contributed by atoms with Gasteiger partial charge in [0.25, 0.3) is 0 Å². The smallest absolute Gasteiger partial charge is 0.0853 e. The molecule has 1 atom stereocenters. The first kappa shape index (κ1) is 12.1. The summed E-state index contributed by atoms with van der Waals surface area (Å²) in [7, 11) is 1.91.